The van der Waals surface area contributed by atoms with Crippen LogP contribution in [-0.4, -0.2) is 58.7 Å². The van der Waals surface area contributed by atoms with Crippen LogP contribution in [-0.2, 0) is 21.1 Å². The predicted octanol–water partition coefficient (Wildman–Crippen LogP) is 1.23. The minimum absolute atomic E-state index is 0.0371. The molecule has 0 bridgehead atoms. The van der Waals surface area contributed by atoms with E-state index in [1.165, 1.54) is 4.90 Å². The van der Waals surface area contributed by atoms with Crippen LogP contribution in [0.25, 0.3) is 0 Å². The highest BCUT2D eigenvalue weighted by Crippen LogP contribution is 2.18. The van der Waals surface area contributed by atoms with E-state index in [-0.39, 0.29) is 18.8 Å². The molecule has 1 atom stereocenters. The molecule has 22 heavy (non-hydrogen) atoms. The normalized spacial score (nSPS) is 21.6. The van der Waals surface area contributed by atoms with Crippen LogP contribution in [0.5, 0.6) is 0 Å². The molecule has 2 heterocycles. The predicted molar refractivity (Wildman–Crippen MR) is 82.3 cm³/mol. The molecule has 0 aliphatic carbocycles. The molecular formula is C14H23N3O4S. The lowest BCUT2D eigenvalue weighted by atomic mass is 10.2. The highest BCUT2D eigenvalue weighted by Gasteiger charge is 2.36. The topological polar surface area (TPSA) is 81.5 Å². The minimum Gasteiger partial charge on any atom is -0.444 e. The fourth-order valence-corrected chi connectivity index (χ4v) is 3.94. The van der Waals surface area contributed by atoms with Gasteiger partial charge in [-0.3, -0.25) is 0 Å². The van der Waals surface area contributed by atoms with Crippen LogP contribution >= 0.6 is 0 Å². The maximum atomic E-state index is 12.2. The molecule has 1 aromatic rings. The van der Waals surface area contributed by atoms with E-state index in [0.717, 1.165) is 5.69 Å². The maximum absolute atomic E-state index is 12.2. The maximum Gasteiger partial charge on any atom is 0.410 e. The SMILES string of the molecule is Cc1cn(C[C@H]2CN(C(=O)OC(C)(C)C)CCS2(=O)=O)cn1. The quantitative estimate of drug-likeness (QED) is 0.815. The number of amides is 1. The van der Waals surface area contributed by atoms with Crippen LogP contribution in [0, 0.1) is 6.92 Å². The number of sulfone groups is 1. The van der Waals surface area contributed by atoms with Crippen molar-refractivity contribution < 1.29 is 17.9 Å². The van der Waals surface area contributed by atoms with Gasteiger partial charge in [0.2, 0.25) is 0 Å². The number of ether oxygens (including phenoxy) is 1. The third-order valence-electron chi connectivity index (χ3n) is 3.41. The Kier molecular flexibility index (Phi) is 4.51. The molecule has 1 amide bonds. The first-order valence-electron chi connectivity index (χ1n) is 7.25. The van der Waals surface area contributed by atoms with Crippen molar-refractivity contribution in [2.45, 2.75) is 45.1 Å². The van der Waals surface area contributed by atoms with Gasteiger partial charge in [-0.05, 0) is 27.7 Å². The fraction of sp³-hybridized carbons (Fsp3) is 0.714. The van der Waals surface area contributed by atoms with Gasteiger partial charge in [0.1, 0.15) is 5.60 Å². The molecular weight excluding hydrogens is 306 g/mol. The second-order valence-corrected chi connectivity index (χ2v) is 9.03. The van der Waals surface area contributed by atoms with Crippen molar-refractivity contribution in [3.63, 3.8) is 0 Å². The van der Waals surface area contributed by atoms with Crippen molar-refractivity contribution in [2.75, 3.05) is 18.8 Å². The largest absolute Gasteiger partial charge is 0.444 e. The third-order valence-corrected chi connectivity index (χ3v) is 5.47. The molecule has 1 saturated heterocycles. The Morgan fingerprint density at radius 1 is 1.45 bits per heavy atom. The lowest BCUT2D eigenvalue weighted by molar-refractivity contribution is 0.0251. The Labute approximate surface area is 131 Å². The van der Waals surface area contributed by atoms with Crippen LogP contribution in [0.2, 0.25) is 0 Å². The Balaban J connectivity index is 2.08. The van der Waals surface area contributed by atoms with Crippen LogP contribution in [0.15, 0.2) is 12.5 Å². The van der Waals surface area contributed by atoms with E-state index >= 15 is 0 Å². The zero-order valence-corrected chi connectivity index (χ0v) is 14.3. The molecule has 0 saturated carbocycles. The standard InChI is InChI=1S/C14H23N3O4S/c1-11-7-16(10-15-11)8-12-9-17(5-6-22(12,19)20)13(18)21-14(2,3)4/h7,10,12H,5-6,8-9H2,1-4H3/t12-/m0/s1. The summed E-state index contributed by atoms with van der Waals surface area (Å²) in [4.78, 5) is 17.7. The number of hydrogen-bond acceptors (Lipinski definition) is 5. The Bertz CT molecular complexity index is 645. The van der Waals surface area contributed by atoms with Gasteiger partial charge < -0.3 is 14.2 Å². The van der Waals surface area contributed by atoms with Crippen LogP contribution in [0.3, 0.4) is 0 Å². The summed E-state index contributed by atoms with van der Waals surface area (Å²) >= 11 is 0. The Morgan fingerprint density at radius 2 is 2.14 bits per heavy atom. The number of carbonyl (C=O) groups is 1. The molecule has 0 spiro atoms. The molecule has 0 aromatic carbocycles. The summed E-state index contributed by atoms with van der Waals surface area (Å²) in [6, 6.07) is 0. The number of nitrogens with zero attached hydrogens (tertiary/aromatic N) is 3. The van der Waals surface area contributed by atoms with Gasteiger partial charge in [-0.25, -0.2) is 18.2 Å². The number of aromatic nitrogens is 2. The first-order chi connectivity index (χ1) is 10.1. The smallest absolute Gasteiger partial charge is 0.410 e. The first-order valence-corrected chi connectivity index (χ1v) is 8.96. The molecule has 0 unspecified atom stereocenters. The highest BCUT2D eigenvalue weighted by atomic mass is 32.2. The van der Waals surface area contributed by atoms with Crippen molar-refractivity contribution in [1.29, 1.82) is 0 Å². The summed E-state index contributed by atoms with van der Waals surface area (Å²) < 4.78 is 31.5. The van der Waals surface area contributed by atoms with Crippen molar-refractivity contribution in [3.05, 3.63) is 18.2 Å². The van der Waals surface area contributed by atoms with Gasteiger partial charge in [0, 0.05) is 25.8 Å². The molecule has 124 valence electrons. The van der Waals surface area contributed by atoms with Crippen molar-refractivity contribution in [1.82, 2.24) is 14.5 Å². The van der Waals surface area contributed by atoms with Gasteiger partial charge in [0.15, 0.2) is 9.84 Å². The molecule has 2 rings (SSSR count). The second kappa shape index (κ2) is 5.91. The van der Waals surface area contributed by atoms with Gasteiger partial charge in [0.05, 0.1) is 23.0 Å². The van der Waals surface area contributed by atoms with E-state index in [1.54, 1.807) is 37.9 Å². The average Bonchev–Trinajstić information content (AvgIpc) is 2.75. The second-order valence-electron chi connectivity index (χ2n) is 6.63. The number of carbonyl (C=O) groups excluding carboxylic acids is 1. The number of rotatable bonds is 2. The van der Waals surface area contributed by atoms with E-state index in [4.69, 9.17) is 4.74 Å². The number of imidazole rings is 1. The lowest BCUT2D eigenvalue weighted by Crippen LogP contribution is -2.51. The van der Waals surface area contributed by atoms with E-state index in [1.807, 2.05) is 6.92 Å². The summed E-state index contributed by atoms with van der Waals surface area (Å²) in [7, 11) is -3.22. The van der Waals surface area contributed by atoms with Gasteiger partial charge in [0.25, 0.3) is 0 Å². The van der Waals surface area contributed by atoms with Gasteiger partial charge in [-0.2, -0.15) is 0 Å². The molecule has 1 aromatic heterocycles. The summed E-state index contributed by atoms with van der Waals surface area (Å²) in [5.41, 5.74) is 0.238. The van der Waals surface area contributed by atoms with Gasteiger partial charge in [-0.15, -0.1) is 0 Å². The van der Waals surface area contributed by atoms with E-state index in [0.29, 0.717) is 6.54 Å². The highest BCUT2D eigenvalue weighted by molar-refractivity contribution is 7.92. The summed E-state index contributed by atoms with van der Waals surface area (Å²) in [6.07, 6.45) is 2.94. The first kappa shape index (κ1) is 16.8. The summed E-state index contributed by atoms with van der Waals surface area (Å²) in [6.45, 7) is 7.83. The van der Waals surface area contributed by atoms with Crippen molar-refractivity contribution in [3.8, 4) is 0 Å². The van der Waals surface area contributed by atoms with Gasteiger partial charge >= 0.3 is 6.09 Å². The van der Waals surface area contributed by atoms with Crippen LogP contribution in [0.1, 0.15) is 26.5 Å². The average molecular weight is 329 g/mol. The Morgan fingerprint density at radius 3 is 2.68 bits per heavy atom. The van der Waals surface area contributed by atoms with E-state index in [9.17, 15) is 13.2 Å². The molecule has 0 N–H and O–H groups in total. The molecule has 1 aliphatic rings. The monoisotopic (exact) mass is 329 g/mol. The van der Waals surface area contributed by atoms with Gasteiger partial charge in [-0.1, -0.05) is 0 Å². The number of hydrogen-bond donors (Lipinski definition) is 0. The summed E-state index contributed by atoms with van der Waals surface area (Å²) in [5, 5.41) is -0.637. The lowest BCUT2D eigenvalue weighted by Gasteiger charge is -2.34. The molecule has 7 nitrogen and oxygen atoms in total. The zero-order valence-electron chi connectivity index (χ0n) is 13.4. The molecule has 0 radical (unpaired) electrons. The minimum atomic E-state index is -3.22. The van der Waals surface area contributed by atoms with E-state index < -0.39 is 26.8 Å². The fourth-order valence-electron chi connectivity index (χ4n) is 2.33. The van der Waals surface area contributed by atoms with E-state index in [2.05, 4.69) is 4.98 Å². The van der Waals surface area contributed by atoms with Crippen molar-refractivity contribution in [2.24, 2.45) is 0 Å². The summed E-state index contributed by atoms with van der Waals surface area (Å²) in [5.74, 6) is -0.0371. The van der Waals surface area contributed by atoms with Crippen LogP contribution < -0.4 is 0 Å². The molecule has 1 aliphatic heterocycles. The molecule has 1 fully saturated rings. The number of aryl methyl sites for hydroxylation is 1. The third kappa shape index (κ3) is 4.22. The van der Waals surface area contributed by atoms with Crippen molar-refractivity contribution >= 4 is 15.9 Å². The zero-order chi connectivity index (χ0) is 16.5. The van der Waals surface area contributed by atoms with Crippen LogP contribution in [0.4, 0.5) is 4.79 Å². The Hall–Kier alpha value is -1.57. The molecule has 8 heteroatoms.